The third-order valence-electron chi connectivity index (χ3n) is 1.80. The molecule has 0 amide bonds. The first-order valence-electron chi connectivity index (χ1n) is 4.73. The van der Waals surface area contributed by atoms with Crippen LogP contribution in [0.4, 0.5) is 0 Å². The second-order valence-corrected chi connectivity index (χ2v) is 2.90. The van der Waals surface area contributed by atoms with E-state index < -0.39 is 0 Å². The Kier molecular flexibility index (Phi) is 16.7. The molecule has 0 aliphatic rings. The van der Waals surface area contributed by atoms with E-state index in [1.54, 1.807) is 0 Å². The number of hydrogen-bond acceptors (Lipinski definition) is 0. The summed E-state index contributed by atoms with van der Waals surface area (Å²) in [6.07, 6.45) is 12.0. The van der Waals surface area contributed by atoms with Gasteiger partial charge < -0.3 is 0 Å². The molecule has 0 atom stereocenters. The fourth-order valence-corrected chi connectivity index (χ4v) is 1.10. The second kappa shape index (κ2) is 13.1. The molecule has 0 nitrogen and oxygen atoms in total. The van der Waals surface area contributed by atoms with Crippen LogP contribution in [-0.2, 0) is 16.5 Å². The van der Waals surface area contributed by atoms with Crippen LogP contribution in [0.15, 0.2) is 0 Å². The zero-order valence-corrected chi connectivity index (χ0v) is 8.83. The zero-order chi connectivity index (χ0) is 7.66. The molecule has 0 heterocycles. The fourth-order valence-electron chi connectivity index (χ4n) is 1.10. The molecular formula is C10H21Ni. The molecule has 0 rings (SSSR count). The average Bonchev–Trinajstić information content (AvgIpc) is 1.97. The number of rotatable bonds is 7. The van der Waals surface area contributed by atoms with E-state index in [-0.39, 0.29) is 16.5 Å². The van der Waals surface area contributed by atoms with Gasteiger partial charge in [0.2, 0.25) is 0 Å². The van der Waals surface area contributed by atoms with E-state index in [2.05, 4.69) is 20.3 Å². The van der Waals surface area contributed by atoms with E-state index >= 15 is 0 Å². The Morgan fingerprint density at radius 3 is 2.09 bits per heavy atom. The minimum absolute atomic E-state index is 0. The quantitative estimate of drug-likeness (QED) is 0.431. The van der Waals surface area contributed by atoms with Crippen LogP contribution < -0.4 is 0 Å². The van der Waals surface area contributed by atoms with E-state index in [1.165, 1.54) is 44.9 Å². The Morgan fingerprint density at radius 2 is 1.55 bits per heavy atom. The minimum atomic E-state index is 0. The topological polar surface area (TPSA) is 0 Å². The van der Waals surface area contributed by atoms with Crippen LogP contribution >= 0.6 is 0 Å². The van der Waals surface area contributed by atoms with Crippen LogP contribution in [0.3, 0.4) is 0 Å². The van der Waals surface area contributed by atoms with E-state index in [0.717, 1.165) is 0 Å². The van der Waals surface area contributed by atoms with E-state index in [0.29, 0.717) is 0 Å². The maximum Gasteiger partial charge on any atom is 0 e. The standard InChI is InChI=1S/C10H21.Ni/c1-3-5-7-9-10-8-6-4-2;/h5H,3-4,6-10H2,1-2H3;. The molecule has 0 spiro atoms. The summed E-state index contributed by atoms with van der Waals surface area (Å²) in [5.41, 5.74) is 0. The molecule has 1 heteroatoms. The molecule has 0 fully saturated rings. The van der Waals surface area contributed by atoms with Crippen LogP contribution in [0, 0.1) is 6.42 Å². The Morgan fingerprint density at radius 1 is 0.909 bits per heavy atom. The van der Waals surface area contributed by atoms with Crippen molar-refractivity contribution in [3.63, 3.8) is 0 Å². The monoisotopic (exact) mass is 199 g/mol. The van der Waals surface area contributed by atoms with Crippen molar-refractivity contribution in [2.75, 3.05) is 0 Å². The molecule has 0 unspecified atom stereocenters. The van der Waals surface area contributed by atoms with Crippen molar-refractivity contribution < 1.29 is 16.5 Å². The van der Waals surface area contributed by atoms with Gasteiger partial charge >= 0.3 is 0 Å². The van der Waals surface area contributed by atoms with Crippen LogP contribution in [0.25, 0.3) is 0 Å². The Bertz CT molecular complexity index is 44.8. The molecule has 0 saturated heterocycles. The Hall–Kier alpha value is 0.494. The van der Waals surface area contributed by atoms with E-state index in [9.17, 15) is 0 Å². The van der Waals surface area contributed by atoms with Gasteiger partial charge in [0.1, 0.15) is 0 Å². The first-order valence-corrected chi connectivity index (χ1v) is 4.73. The van der Waals surface area contributed by atoms with Crippen LogP contribution in [-0.4, -0.2) is 0 Å². The van der Waals surface area contributed by atoms with Gasteiger partial charge in [-0.3, -0.25) is 0 Å². The second-order valence-electron chi connectivity index (χ2n) is 2.90. The van der Waals surface area contributed by atoms with Crippen LogP contribution in [0.5, 0.6) is 0 Å². The normalized spacial score (nSPS) is 9.27. The summed E-state index contributed by atoms with van der Waals surface area (Å²) < 4.78 is 0. The molecule has 0 saturated carbocycles. The van der Waals surface area contributed by atoms with Crippen molar-refractivity contribution in [2.24, 2.45) is 0 Å². The van der Waals surface area contributed by atoms with Crippen molar-refractivity contribution in [1.29, 1.82) is 0 Å². The predicted molar refractivity (Wildman–Crippen MR) is 48.0 cm³/mol. The van der Waals surface area contributed by atoms with Gasteiger partial charge in [-0.15, -0.1) is 0 Å². The van der Waals surface area contributed by atoms with Crippen molar-refractivity contribution in [3.05, 3.63) is 6.42 Å². The smallest absolute Gasteiger partial charge is 0 e. The van der Waals surface area contributed by atoms with Gasteiger partial charge in [0.05, 0.1) is 0 Å². The summed E-state index contributed by atoms with van der Waals surface area (Å²) in [5.74, 6) is 0. The van der Waals surface area contributed by atoms with Crippen molar-refractivity contribution in [1.82, 2.24) is 0 Å². The van der Waals surface area contributed by atoms with Crippen LogP contribution in [0.2, 0.25) is 0 Å². The number of unbranched alkanes of at least 4 members (excludes halogenated alkanes) is 7. The summed E-state index contributed by atoms with van der Waals surface area (Å²) in [4.78, 5) is 0. The van der Waals surface area contributed by atoms with Gasteiger partial charge in [-0.25, -0.2) is 0 Å². The maximum atomic E-state index is 2.38. The maximum absolute atomic E-state index is 2.38. The van der Waals surface area contributed by atoms with Gasteiger partial charge in [0.15, 0.2) is 0 Å². The summed E-state index contributed by atoms with van der Waals surface area (Å²) in [6, 6.07) is 0. The minimum Gasteiger partial charge on any atom is -0.0654 e. The third kappa shape index (κ3) is 13.5. The predicted octanol–water partition coefficient (Wildman–Crippen LogP) is 3.96. The Labute approximate surface area is 82.1 Å². The first kappa shape index (κ1) is 14.0. The van der Waals surface area contributed by atoms with Crippen molar-refractivity contribution >= 4 is 0 Å². The average molecular weight is 200 g/mol. The summed E-state index contributed by atoms with van der Waals surface area (Å²) in [5, 5.41) is 0. The molecule has 0 N–H and O–H groups in total. The van der Waals surface area contributed by atoms with Crippen molar-refractivity contribution in [2.45, 2.75) is 58.8 Å². The van der Waals surface area contributed by atoms with E-state index in [4.69, 9.17) is 0 Å². The molecular weight excluding hydrogens is 179 g/mol. The SMILES string of the molecule is CC[CH]CCCCCCC.[Ni]. The molecule has 1 radical (unpaired) electrons. The van der Waals surface area contributed by atoms with Crippen molar-refractivity contribution in [3.8, 4) is 0 Å². The zero-order valence-electron chi connectivity index (χ0n) is 7.84. The largest absolute Gasteiger partial charge is 0.0654 e. The molecule has 11 heavy (non-hydrogen) atoms. The van der Waals surface area contributed by atoms with Gasteiger partial charge in [-0.2, -0.15) is 0 Å². The third-order valence-corrected chi connectivity index (χ3v) is 1.80. The molecule has 71 valence electrons. The molecule has 0 aliphatic heterocycles. The molecule has 0 aromatic carbocycles. The molecule has 0 aromatic rings. The molecule has 0 bridgehead atoms. The summed E-state index contributed by atoms with van der Waals surface area (Å²) in [7, 11) is 0. The number of hydrogen-bond donors (Lipinski definition) is 0. The fraction of sp³-hybridized carbons (Fsp3) is 0.900. The molecule has 0 aliphatic carbocycles. The van der Waals surface area contributed by atoms with E-state index in [1.807, 2.05) is 0 Å². The van der Waals surface area contributed by atoms with Gasteiger partial charge in [-0.05, 0) is 6.42 Å². The van der Waals surface area contributed by atoms with Crippen LogP contribution in [0.1, 0.15) is 58.8 Å². The van der Waals surface area contributed by atoms with Gasteiger partial charge in [0.25, 0.3) is 0 Å². The summed E-state index contributed by atoms with van der Waals surface area (Å²) >= 11 is 0. The van der Waals surface area contributed by atoms with Gasteiger partial charge in [0, 0.05) is 16.5 Å². The van der Waals surface area contributed by atoms with Gasteiger partial charge in [-0.1, -0.05) is 58.8 Å². The molecule has 0 aromatic heterocycles. The Balaban J connectivity index is 0. The first-order chi connectivity index (χ1) is 4.91. The summed E-state index contributed by atoms with van der Waals surface area (Å²) in [6.45, 7) is 4.48.